The Morgan fingerprint density at radius 1 is 1.09 bits per heavy atom. The Balaban J connectivity index is 1.12. The highest BCUT2D eigenvalue weighted by Crippen LogP contribution is 2.59. The molecule has 178 valence electrons. The molecule has 3 heterocycles. The van der Waals surface area contributed by atoms with Gasteiger partial charge < -0.3 is 4.90 Å². The monoisotopic (exact) mass is 468 g/mol. The van der Waals surface area contributed by atoms with E-state index in [0.717, 1.165) is 55.7 Å². The van der Waals surface area contributed by atoms with Crippen molar-refractivity contribution in [2.45, 2.75) is 44.3 Å². The van der Waals surface area contributed by atoms with Gasteiger partial charge >= 0.3 is 11.9 Å². The summed E-state index contributed by atoms with van der Waals surface area (Å²) in [7, 11) is 0. The second-order valence-electron chi connectivity index (χ2n) is 9.50. The van der Waals surface area contributed by atoms with Gasteiger partial charge in [0.1, 0.15) is 0 Å². The molecule has 1 aliphatic carbocycles. The van der Waals surface area contributed by atoms with E-state index < -0.39 is 11.7 Å². The number of pyridine rings is 1. The predicted octanol–water partition coefficient (Wildman–Crippen LogP) is 4.69. The SMILES string of the molecule is Cc1ncccc1-c1ccn(CCCCN2C[C@@H]3C[C@]3(c3ccc(C(F)(F)F)cc3)C2)c(=O)n1. The van der Waals surface area contributed by atoms with Crippen molar-refractivity contribution in [1.82, 2.24) is 19.4 Å². The fourth-order valence-corrected chi connectivity index (χ4v) is 5.32. The Morgan fingerprint density at radius 2 is 1.85 bits per heavy atom. The number of halogens is 3. The molecule has 0 unspecified atom stereocenters. The minimum Gasteiger partial charge on any atom is -0.302 e. The normalized spacial score (nSPS) is 22.1. The van der Waals surface area contributed by atoms with Crippen molar-refractivity contribution < 1.29 is 13.2 Å². The summed E-state index contributed by atoms with van der Waals surface area (Å²) in [6, 6.07) is 11.3. The van der Waals surface area contributed by atoms with E-state index in [2.05, 4.69) is 14.9 Å². The zero-order valence-electron chi connectivity index (χ0n) is 19.1. The van der Waals surface area contributed by atoms with Gasteiger partial charge in [-0.1, -0.05) is 12.1 Å². The maximum Gasteiger partial charge on any atom is 0.416 e. The lowest BCUT2D eigenvalue weighted by molar-refractivity contribution is -0.137. The van der Waals surface area contributed by atoms with Crippen LogP contribution in [-0.4, -0.2) is 39.1 Å². The van der Waals surface area contributed by atoms with Crippen molar-refractivity contribution in [3.8, 4) is 11.3 Å². The highest BCUT2D eigenvalue weighted by atomic mass is 19.4. The summed E-state index contributed by atoms with van der Waals surface area (Å²) in [5.41, 5.74) is 2.53. The van der Waals surface area contributed by atoms with Crippen molar-refractivity contribution in [3.63, 3.8) is 0 Å². The van der Waals surface area contributed by atoms with Crippen LogP contribution >= 0.6 is 0 Å². The van der Waals surface area contributed by atoms with Gasteiger partial charge in [0, 0.05) is 48.7 Å². The van der Waals surface area contributed by atoms with E-state index in [1.165, 1.54) is 12.1 Å². The van der Waals surface area contributed by atoms with E-state index in [1.54, 1.807) is 29.1 Å². The number of hydrogen-bond acceptors (Lipinski definition) is 4. The lowest BCUT2D eigenvalue weighted by Crippen LogP contribution is -2.28. The lowest BCUT2D eigenvalue weighted by atomic mass is 9.94. The number of alkyl halides is 3. The third-order valence-electron chi connectivity index (χ3n) is 7.28. The second kappa shape index (κ2) is 8.65. The largest absolute Gasteiger partial charge is 0.416 e. The quantitative estimate of drug-likeness (QED) is 0.473. The van der Waals surface area contributed by atoms with Gasteiger partial charge in [0.2, 0.25) is 0 Å². The maximum atomic E-state index is 12.9. The number of benzene rings is 1. The van der Waals surface area contributed by atoms with Gasteiger partial charge in [-0.05, 0) is 74.5 Å². The van der Waals surface area contributed by atoms with E-state index in [0.29, 0.717) is 18.2 Å². The zero-order valence-corrected chi connectivity index (χ0v) is 19.1. The molecule has 0 spiro atoms. The minimum absolute atomic E-state index is 0.0191. The van der Waals surface area contributed by atoms with Crippen LogP contribution in [0.4, 0.5) is 13.2 Å². The Hall–Kier alpha value is -3.00. The summed E-state index contributed by atoms with van der Waals surface area (Å²) >= 11 is 0. The van der Waals surface area contributed by atoms with Crippen molar-refractivity contribution >= 4 is 0 Å². The molecule has 0 bridgehead atoms. The molecule has 1 aliphatic heterocycles. The number of aromatic nitrogens is 3. The zero-order chi connectivity index (χ0) is 23.9. The minimum atomic E-state index is -4.30. The van der Waals surface area contributed by atoms with E-state index in [4.69, 9.17) is 0 Å². The molecule has 1 saturated carbocycles. The van der Waals surface area contributed by atoms with Crippen molar-refractivity contribution in [3.05, 3.63) is 82.2 Å². The molecular weight excluding hydrogens is 441 g/mol. The van der Waals surface area contributed by atoms with Crippen LogP contribution in [0.5, 0.6) is 0 Å². The number of hydrogen-bond donors (Lipinski definition) is 0. The van der Waals surface area contributed by atoms with Crippen LogP contribution in [0, 0.1) is 12.8 Å². The van der Waals surface area contributed by atoms with E-state index in [1.807, 2.05) is 25.1 Å². The molecule has 34 heavy (non-hydrogen) atoms. The maximum absolute atomic E-state index is 12.9. The number of fused-ring (bicyclic) bond motifs is 1. The third kappa shape index (κ3) is 4.39. The summed E-state index contributed by atoms with van der Waals surface area (Å²) in [5, 5.41) is 0. The summed E-state index contributed by atoms with van der Waals surface area (Å²) in [6.45, 7) is 5.31. The molecule has 8 heteroatoms. The fraction of sp³-hybridized carbons (Fsp3) is 0.423. The number of unbranched alkanes of at least 4 members (excludes halogenated alkanes) is 1. The Labute approximate surface area is 196 Å². The summed E-state index contributed by atoms with van der Waals surface area (Å²) < 4.78 is 40.2. The summed E-state index contributed by atoms with van der Waals surface area (Å²) in [5.74, 6) is 0.527. The molecule has 1 aromatic carbocycles. The highest BCUT2D eigenvalue weighted by Gasteiger charge is 2.60. The first-order valence-electron chi connectivity index (χ1n) is 11.7. The molecule has 2 fully saturated rings. The van der Waals surface area contributed by atoms with E-state index in [-0.39, 0.29) is 11.1 Å². The van der Waals surface area contributed by atoms with Crippen LogP contribution in [0.1, 0.15) is 36.1 Å². The van der Waals surface area contributed by atoms with Crippen molar-refractivity contribution in [1.29, 1.82) is 0 Å². The van der Waals surface area contributed by atoms with Gasteiger partial charge in [0.15, 0.2) is 0 Å². The number of nitrogens with zero attached hydrogens (tertiary/aromatic N) is 4. The number of aryl methyl sites for hydroxylation is 2. The first kappa shape index (κ1) is 22.8. The average molecular weight is 469 g/mol. The average Bonchev–Trinajstić information content (AvgIpc) is 3.38. The number of piperidine rings is 1. The molecular formula is C26H27F3N4O. The third-order valence-corrected chi connectivity index (χ3v) is 7.28. The molecule has 5 nitrogen and oxygen atoms in total. The van der Waals surface area contributed by atoms with Crippen molar-refractivity contribution in [2.75, 3.05) is 19.6 Å². The summed E-state index contributed by atoms with van der Waals surface area (Å²) in [4.78, 5) is 23.3. The molecule has 2 aliphatic rings. The van der Waals surface area contributed by atoms with Crippen LogP contribution in [0.15, 0.2) is 59.7 Å². The van der Waals surface area contributed by atoms with Crippen LogP contribution in [0.3, 0.4) is 0 Å². The van der Waals surface area contributed by atoms with Gasteiger partial charge in [-0.15, -0.1) is 0 Å². The molecule has 3 aromatic rings. The second-order valence-corrected chi connectivity index (χ2v) is 9.50. The van der Waals surface area contributed by atoms with Gasteiger partial charge in [0.25, 0.3) is 0 Å². The fourth-order valence-electron chi connectivity index (χ4n) is 5.32. The van der Waals surface area contributed by atoms with Crippen LogP contribution in [0.2, 0.25) is 0 Å². The van der Waals surface area contributed by atoms with E-state index >= 15 is 0 Å². The predicted molar refractivity (Wildman–Crippen MR) is 123 cm³/mol. The van der Waals surface area contributed by atoms with Gasteiger partial charge in [0.05, 0.1) is 11.3 Å². The van der Waals surface area contributed by atoms with Gasteiger partial charge in [-0.25, -0.2) is 4.79 Å². The molecule has 2 aromatic heterocycles. The van der Waals surface area contributed by atoms with Crippen LogP contribution in [0.25, 0.3) is 11.3 Å². The molecule has 1 saturated heterocycles. The smallest absolute Gasteiger partial charge is 0.302 e. The Bertz CT molecular complexity index is 1240. The first-order valence-corrected chi connectivity index (χ1v) is 11.7. The molecule has 5 rings (SSSR count). The Morgan fingerprint density at radius 3 is 2.56 bits per heavy atom. The number of rotatable bonds is 7. The standard InChI is InChI=1S/C26H27F3N4O/c1-18-22(5-4-11-30-18)23-10-14-33(24(34)31-23)13-3-2-12-32-16-21-15-25(21,17-32)19-6-8-20(9-7-19)26(27,28)29/h4-11,14,21H,2-3,12-13,15-17H2,1H3/t21-,25+/m0/s1. The van der Waals surface area contributed by atoms with Crippen LogP contribution < -0.4 is 5.69 Å². The topological polar surface area (TPSA) is 51.0 Å². The molecule has 0 amide bonds. The lowest BCUT2D eigenvalue weighted by Gasteiger charge is -2.21. The summed E-state index contributed by atoms with van der Waals surface area (Å²) in [6.07, 6.45) is 2.08. The van der Waals surface area contributed by atoms with Crippen LogP contribution in [-0.2, 0) is 18.1 Å². The van der Waals surface area contributed by atoms with E-state index in [9.17, 15) is 18.0 Å². The molecule has 2 atom stereocenters. The highest BCUT2D eigenvalue weighted by molar-refractivity contribution is 5.60. The Kier molecular flexibility index (Phi) is 5.80. The molecule has 0 radical (unpaired) electrons. The molecule has 0 N–H and O–H groups in total. The van der Waals surface area contributed by atoms with Gasteiger partial charge in [-0.2, -0.15) is 18.2 Å². The first-order chi connectivity index (χ1) is 16.3. The van der Waals surface area contributed by atoms with Crippen molar-refractivity contribution in [2.24, 2.45) is 5.92 Å². The van der Waals surface area contributed by atoms with Gasteiger partial charge in [-0.3, -0.25) is 9.55 Å². The number of likely N-dealkylation sites (tertiary alicyclic amines) is 1.